The van der Waals surface area contributed by atoms with Crippen LogP contribution < -0.4 is 9.64 Å². The van der Waals surface area contributed by atoms with Crippen molar-refractivity contribution in [3.05, 3.63) is 24.3 Å². The van der Waals surface area contributed by atoms with Crippen molar-refractivity contribution < 1.29 is 19.4 Å². The molecular formula is C15H20N2O4. The molecular weight excluding hydrogens is 272 g/mol. The van der Waals surface area contributed by atoms with Crippen molar-refractivity contribution in [2.75, 3.05) is 32.1 Å². The predicted octanol–water partition coefficient (Wildman–Crippen LogP) is 2.05. The Kier molecular flexibility index (Phi) is 4.67. The Bertz CT molecular complexity index is 532. The molecule has 1 aromatic carbocycles. The lowest BCUT2D eigenvalue weighted by atomic mass is 10.1. The first kappa shape index (κ1) is 15.2. The molecule has 1 fully saturated rings. The zero-order valence-electron chi connectivity index (χ0n) is 12.3. The highest BCUT2D eigenvalue weighted by atomic mass is 16.5. The normalized spacial score (nSPS) is 17.6. The van der Waals surface area contributed by atoms with Crippen LogP contribution in [0.5, 0.6) is 5.75 Å². The molecule has 1 aliphatic heterocycles. The number of ether oxygens (including phenoxy) is 1. The molecule has 0 spiro atoms. The minimum absolute atomic E-state index is 0.0394. The minimum atomic E-state index is -0.813. The molecule has 1 heterocycles. The molecule has 6 nitrogen and oxygen atoms in total. The van der Waals surface area contributed by atoms with Crippen LogP contribution in [0.3, 0.4) is 0 Å². The summed E-state index contributed by atoms with van der Waals surface area (Å²) in [6.07, 6.45) is 0.847. The smallest absolute Gasteiger partial charge is 0.324 e. The number of rotatable bonds is 4. The topological polar surface area (TPSA) is 70.1 Å². The third-order valence-corrected chi connectivity index (χ3v) is 3.75. The van der Waals surface area contributed by atoms with E-state index in [0.29, 0.717) is 24.5 Å². The highest BCUT2D eigenvalue weighted by molar-refractivity contribution is 5.93. The third kappa shape index (κ3) is 3.45. The summed E-state index contributed by atoms with van der Waals surface area (Å²) in [6, 6.07) is 7.18. The number of anilines is 1. The van der Waals surface area contributed by atoms with E-state index in [9.17, 15) is 9.59 Å². The van der Waals surface area contributed by atoms with Crippen LogP contribution in [0.1, 0.15) is 12.8 Å². The third-order valence-electron chi connectivity index (χ3n) is 3.75. The zero-order valence-corrected chi connectivity index (χ0v) is 12.3. The maximum Gasteiger partial charge on any atom is 0.324 e. The van der Waals surface area contributed by atoms with Gasteiger partial charge < -0.3 is 14.7 Å². The largest absolute Gasteiger partial charge is 0.495 e. The van der Waals surface area contributed by atoms with Crippen molar-refractivity contribution in [2.24, 2.45) is 5.92 Å². The lowest BCUT2D eigenvalue weighted by Crippen LogP contribution is -2.40. The first-order valence-electron chi connectivity index (χ1n) is 6.90. The van der Waals surface area contributed by atoms with Gasteiger partial charge in [0.25, 0.3) is 0 Å². The molecule has 0 saturated carbocycles. The van der Waals surface area contributed by atoms with Crippen molar-refractivity contribution in [2.45, 2.75) is 12.8 Å². The van der Waals surface area contributed by atoms with Gasteiger partial charge in [0.15, 0.2) is 0 Å². The molecule has 2 amide bonds. The highest BCUT2D eigenvalue weighted by Gasteiger charge is 2.30. The first-order chi connectivity index (χ1) is 10.0. The fourth-order valence-corrected chi connectivity index (χ4v) is 2.64. The van der Waals surface area contributed by atoms with Crippen LogP contribution in [-0.2, 0) is 4.79 Å². The van der Waals surface area contributed by atoms with Crippen LogP contribution in [-0.4, -0.2) is 49.3 Å². The van der Waals surface area contributed by atoms with Gasteiger partial charge in [0.05, 0.1) is 12.8 Å². The lowest BCUT2D eigenvalue weighted by Gasteiger charge is -2.25. The minimum Gasteiger partial charge on any atom is -0.495 e. The number of carbonyl (C=O) groups excluding carboxylic acids is 1. The van der Waals surface area contributed by atoms with Crippen molar-refractivity contribution >= 4 is 17.7 Å². The average Bonchev–Trinajstić information content (AvgIpc) is 2.93. The van der Waals surface area contributed by atoms with Crippen LogP contribution in [0.4, 0.5) is 10.5 Å². The first-order valence-corrected chi connectivity index (χ1v) is 6.90. The maximum atomic E-state index is 12.5. The van der Waals surface area contributed by atoms with Gasteiger partial charge in [-0.3, -0.25) is 9.69 Å². The Morgan fingerprint density at radius 2 is 2.14 bits per heavy atom. The van der Waals surface area contributed by atoms with E-state index >= 15 is 0 Å². The molecule has 0 aliphatic carbocycles. The number of carboxylic acids is 1. The summed E-state index contributed by atoms with van der Waals surface area (Å²) in [5.74, 6) is -0.139. The molecule has 1 aliphatic rings. The number of hydrogen-bond acceptors (Lipinski definition) is 3. The number of amides is 2. The Morgan fingerprint density at radius 1 is 1.43 bits per heavy atom. The van der Waals surface area contributed by atoms with Gasteiger partial charge in [-0.1, -0.05) is 12.1 Å². The second-order valence-corrected chi connectivity index (χ2v) is 5.21. The number of urea groups is 1. The van der Waals surface area contributed by atoms with Crippen LogP contribution in [0.25, 0.3) is 0 Å². The van der Waals surface area contributed by atoms with E-state index in [2.05, 4.69) is 0 Å². The number of para-hydroxylation sites is 2. The molecule has 1 N–H and O–H groups in total. The van der Waals surface area contributed by atoms with Gasteiger partial charge in [-0.05, 0) is 24.5 Å². The zero-order chi connectivity index (χ0) is 15.4. The number of hydrogen-bond donors (Lipinski definition) is 1. The number of nitrogens with zero attached hydrogens (tertiary/aromatic N) is 2. The van der Waals surface area contributed by atoms with Crippen molar-refractivity contribution in [1.82, 2.24) is 4.90 Å². The number of carbonyl (C=O) groups is 2. The quantitative estimate of drug-likeness (QED) is 0.922. The van der Waals surface area contributed by atoms with E-state index in [4.69, 9.17) is 9.84 Å². The molecule has 0 bridgehead atoms. The van der Waals surface area contributed by atoms with Crippen LogP contribution in [0, 0.1) is 5.92 Å². The van der Waals surface area contributed by atoms with Crippen molar-refractivity contribution in [3.8, 4) is 5.75 Å². The molecule has 1 saturated heterocycles. The van der Waals surface area contributed by atoms with E-state index < -0.39 is 5.97 Å². The molecule has 114 valence electrons. The summed E-state index contributed by atoms with van der Waals surface area (Å²) in [7, 11) is 3.26. The van der Waals surface area contributed by atoms with E-state index in [0.717, 1.165) is 6.42 Å². The van der Waals surface area contributed by atoms with Crippen molar-refractivity contribution in [1.29, 1.82) is 0 Å². The Balaban J connectivity index is 2.05. The van der Waals surface area contributed by atoms with Gasteiger partial charge in [0, 0.05) is 26.6 Å². The van der Waals surface area contributed by atoms with E-state index in [1.807, 2.05) is 18.2 Å². The second-order valence-electron chi connectivity index (χ2n) is 5.21. The summed E-state index contributed by atoms with van der Waals surface area (Å²) in [5, 5.41) is 8.82. The maximum absolute atomic E-state index is 12.5. The lowest BCUT2D eigenvalue weighted by molar-refractivity contribution is -0.138. The van der Waals surface area contributed by atoms with Crippen LogP contribution >= 0.6 is 0 Å². The van der Waals surface area contributed by atoms with Gasteiger partial charge in [0.2, 0.25) is 0 Å². The molecule has 1 unspecified atom stereocenters. The molecule has 6 heteroatoms. The Morgan fingerprint density at radius 3 is 2.81 bits per heavy atom. The Hall–Kier alpha value is -2.24. The SMILES string of the molecule is COc1ccccc1N(C)C(=O)N1CCC(CC(=O)O)C1. The molecule has 1 atom stereocenters. The van der Waals surface area contributed by atoms with Gasteiger partial charge in [-0.15, -0.1) is 0 Å². The molecule has 0 radical (unpaired) electrons. The number of methoxy groups -OCH3 is 1. The number of likely N-dealkylation sites (tertiary alicyclic amines) is 1. The van der Waals surface area contributed by atoms with E-state index in [1.54, 1.807) is 30.0 Å². The summed E-state index contributed by atoms with van der Waals surface area (Å²) >= 11 is 0. The van der Waals surface area contributed by atoms with E-state index in [1.165, 1.54) is 0 Å². The fraction of sp³-hybridized carbons (Fsp3) is 0.467. The molecule has 21 heavy (non-hydrogen) atoms. The molecule has 2 rings (SSSR count). The number of aliphatic carboxylic acids is 1. The van der Waals surface area contributed by atoms with Gasteiger partial charge in [-0.2, -0.15) is 0 Å². The fourth-order valence-electron chi connectivity index (χ4n) is 2.64. The summed E-state index contributed by atoms with van der Waals surface area (Å²) in [5.41, 5.74) is 0.701. The predicted molar refractivity (Wildman–Crippen MR) is 78.7 cm³/mol. The summed E-state index contributed by atoms with van der Waals surface area (Å²) in [4.78, 5) is 26.5. The van der Waals surface area contributed by atoms with E-state index in [-0.39, 0.29) is 18.4 Å². The summed E-state index contributed by atoms with van der Waals surface area (Å²) in [6.45, 7) is 1.08. The van der Waals surface area contributed by atoms with Gasteiger partial charge in [0.1, 0.15) is 5.75 Å². The van der Waals surface area contributed by atoms with Gasteiger partial charge in [-0.25, -0.2) is 4.79 Å². The van der Waals surface area contributed by atoms with Crippen LogP contribution in [0.2, 0.25) is 0 Å². The van der Waals surface area contributed by atoms with Crippen molar-refractivity contribution in [3.63, 3.8) is 0 Å². The average molecular weight is 292 g/mol. The summed E-state index contributed by atoms with van der Waals surface area (Å²) < 4.78 is 5.26. The monoisotopic (exact) mass is 292 g/mol. The number of benzene rings is 1. The number of carboxylic acid groups (broad SMARTS) is 1. The standard InChI is InChI=1S/C15H20N2O4/c1-16(12-5-3-4-6-13(12)21-2)15(20)17-8-7-11(10-17)9-14(18)19/h3-6,11H,7-10H2,1-2H3,(H,18,19). The van der Waals surface area contributed by atoms with Gasteiger partial charge >= 0.3 is 12.0 Å². The highest BCUT2D eigenvalue weighted by Crippen LogP contribution is 2.29. The molecule has 1 aromatic rings. The molecule has 0 aromatic heterocycles. The Labute approximate surface area is 123 Å². The second kappa shape index (κ2) is 6.47. The van der Waals surface area contributed by atoms with Crippen LogP contribution in [0.15, 0.2) is 24.3 Å².